The molecule has 0 radical (unpaired) electrons. The lowest BCUT2D eigenvalue weighted by Gasteiger charge is -2.42. The number of ether oxygens (including phenoxy) is 2. The topological polar surface area (TPSA) is 38.8 Å². The van der Waals surface area contributed by atoms with Crippen LogP contribution in [0.5, 0.6) is 11.5 Å². The predicted octanol–water partition coefficient (Wildman–Crippen LogP) is 4.56. The Bertz CT molecular complexity index is 1100. The fraction of sp³-hybridized carbons (Fsp3) is 0.292. The van der Waals surface area contributed by atoms with Gasteiger partial charge >= 0.3 is 0 Å². The summed E-state index contributed by atoms with van der Waals surface area (Å²) in [6.07, 6.45) is 5.44. The molecular weight excluding hydrogens is 369 g/mol. The lowest BCUT2D eigenvalue weighted by atomic mass is 9.77. The van der Waals surface area contributed by atoms with E-state index in [0.717, 1.165) is 65.4 Å². The van der Waals surface area contributed by atoms with Crippen molar-refractivity contribution in [3.63, 3.8) is 0 Å². The van der Waals surface area contributed by atoms with Gasteiger partial charge in [0.05, 0.1) is 0 Å². The van der Waals surface area contributed by atoms with Crippen molar-refractivity contribution < 1.29 is 18.7 Å². The fourth-order valence-electron chi connectivity index (χ4n) is 5.04. The highest BCUT2D eigenvalue weighted by Crippen LogP contribution is 2.48. The Morgan fingerprint density at radius 1 is 1.00 bits per heavy atom. The first kappa shape index (κ1) is 16.8. The first-order chi connectivity index (χ1) is 14.2. The van der Waals surface area contributed by atoms with E-state index in [4.69, 9.17) is 9.47 Å². The maximum absolute atomic E-state index is 13.5. The summed E-state index contributed by atoms with van der Waals surface area (Å²) < 4.78 is 24.7. The van der Waals surface area contributed by atoms with Gasteiger partial charge in [-0.15, -0.1) is 0 Å². The van der Waals surface area contributed by atoms with Crippen LogP contribution in [0.4, 0.5) is 4.39 Å². The highest BCUT2D eigenvalue weighted by Gasteiger charge is 2.38. The summed E-state index contributed by atoms with van der Waals surface area (Å²) in [5, 5.41) is 0. The molecule has 2 aromatic rings. The molecule has 0 saturated heterocycles. The highest BCUT2D eigenvalue weighted by atomic mass is 19.1. The molecule has 3 aliphatic heterocycles. The molecule has 0 aromatic heterocycles. The normalized spacial score (nSPS) is 22.1. The second-order valence-corrected chi connectivity index (χ2v) is 7.98. The average Bonchev–Trinajstić information content (AvgIpc) is 3.19. The third-order valence-corrected chi connectivity index (χ3v) is 6.39. The van der Waals surface area contributed by atoms with E-state index in [1.165, 1.54) is 17.7 Å². The molecule has 1 atom stereocenters. The van der Waals surface area contributed by atoms with Crippen LogP contribution >= 0.6 is 0 Å². The Morgan fingerprint density at radius 3 is 2.62 bits per heavy atom. The number of rotatable bonds is 1. The molecule has 1 aliphatic carbocycles. The number of allylic oxidation sites excluding steroid dienone is 3. The molecule has 0 fully saturated rings. The summed E-state index contributed by atoms with van der Waals surface area (Å²) in [5.74, 6) is 1.37. The molecule has 4 aliphatic rings. The average molecular weight is 389 g/mol. The molecule has 0 N–H and O–H groups in total. The number of ketones is 1. The van der Waals surface area contributed by atoms with E-state index in [1.54, 1.807) is 12.1 Å². The summed E-state index contributed by atoms with van der Waals surface area (Å²) in [6, 6.07) is 10.7. The summed E-state index contributed by atoms with van der Waals surface area (Å²) in [7, 11) is 0. The molecule has 6 rings (SSSR count). The van der Waals surface area contributed by atoms with Crippen molar-refractivity contribution in [3.05, 3.63) is 76.3 Å². The van der Waals surface area contributed by atoms with Crippen molar-refractivity contribution in [1.29, 1.82) is 0 Å². The van der Waals surface area contributed by atoms with Gasteiger partial charge in [0.15, 0.2) is 17.3 Å². The van der Waals surface area contributed by atoms with Crippen LogP contribution in [-0.2, 0) is 11.2 Å². The Kier molecular flexibility index (Phi) is 3.60. The molecule has 146 valence electrons. The van der Waals surface area contributed by atoms with Gasteiger partial charge in [-0.25, -0.2) is 4.39 Å². The van der Waals surface area contributed by atoms with E-state index in [9.17, 15) is 9.18 Å². The fourth-order valence-corrected chi connectivity index (χ4v) is 5.04. The molecule has 0 saturated carbocycles. The number of carbonyl (C=O) groups excluding carboxylic acids is 1. The van der Waals surface area contributed by atoms with Crippen LogP contribution in [-0.4, -0.2) is 24.0 Å². The zero-order chi connectivity index (χ0) is 19.5. The van der Waals surface area contributed by atoms with E-state index in [-0.39, 0.29) is 24.3 Å². The Labute approximate surface area is 168 Å². The second-order valence-electron chi connectivity index (χ2n) is 7.98. The predicted molar refractivity (Wildman–Crippen MR) is 106 cm³/mol. The number of hydrogen-bond acceptors (Lipinski definition) is 4. The van der Waals surface area contributed by atoms with Gasteiger partial charge in [-0.1, -0.05) is 12.1 Å². The standard InChI is InChI=1S/C24H20FNO3/c25-16-6-4-14(5-7-16)18-11-20-17-12-23-22(28-13-29-23)10-15(17)8-9-26(20)19-2-1-3-21(27)24(18)19/h4-7,10-12,18H,1-3,8-9,13H2. The van der Waals surface area contributed by atoms with Crippen LogP contribution in [0.1, 0.15) is 41.9 Å². The Balaban J connectivity index is 1.54. The minimum atomic E-state index is -0.265. The van der Waals surface area contributed by atoms with E-state index in [0.29, 0.717) is 6.42 Å². The van der Waals surface area contributed by atoms with Crippen LogP contribution in [0.3, 0.4) is 0 Å². The largest absolute Gasteiger partial charge is 0.454 e. The van der Waals surface area contributed by atoms with Gasteiger partial charge in [-0.05, 0) is 60.7 Å². The van der Waals surface area contributed by atoms with Gasteiger partial charge in [0.2, 0.25) is 6.79 Å². The molecule has 4 nitrogen and oxygen atoms in total. The number of fused-ring (bicyclic) bond motifs is 5. The highest BCUT2D eigenvalue weighted by molar-refractivity contribution is 6.00. The number of benzene rings is 2. The van der Waals surface area contributed by atoms with Gasteiger partial charge in [-0.3, -0.25) is 4.79 Å². The van der Waals surface area contributed by atoms with Crippen LogP contribution < -0.4 is 9.47 Å². The molecule has 29 heavy (non-hydrogen) atoms. The van der Waals surface area contributed by atoms with Crippen molar-refractivity contribution in [2.24, 2.45) is 0 Å². The van der Waals surface area contributed by atoms with E-state index in [1.807, 2.05) is 0 Å². The summed E-state index contributed by atoms with van der Waals surface area (Å²) in [4.78, 5) is 15.2. The van der Waals surface area contributed by atoms with E-state index >= 15 is 0 Å². The lowest BCUT2D eigenvalue weighted by Crippen LogP contribution is -2.36. The van der Waals surface area contributed by atoms with Crippen molar-refractivity contribution in [2.45, 2.75) is 31.6 Å². The Hall–Kier alpha value is -3.08. The monoisotopic (exact) mass is 389 g/mol. The quantitative estimate of drug-likeness (QED) is 0.717. The first-order valence-corrected chi connectivity index (χ1v) is 10.1. The van der Waals surface area contributed by atoms with Crippen molar-refractivity contribution in [2.75, 3.05) is 13.3 Å². The number of hydrogen-bond donors (Lipinski definition) is 0. The summed E-state index contributed by atoms with van der Waals surface area (Å²) >= 11 is 0. The number of halogens is 1. The third kappa shape index (κ3) is 2.53. The van der Waals surface area contributed by atoms with E-state index < -0.39 is 0 Å². The number of Topliss-reactive ketones (excluding diaryl/α,β-unsaturated/α-hetero) is 1. The molecule has 3 heterocycles. The maximum atomic E-state index is 13.5. The molecular formula is C24H20FNO3. The minimum Gasteiger partial charge on any atom is -0.454 e. The van der Waals surface area contributed by atoms with Crippen molar-refractivity contribution in [1.82, 2.24) is 4.90 Å². The van der Waals surface area contributed by atoms with Gasteiger partial charge in [0.1, 0.15) is 5.82 Å². The van der Waals surface area contributed by atoms with Crippen molar-refractivity contribution >= 4 is 11.5 Å². The molecule has 2 aromatic carbocycles. The van der Waals surface area contributed by atoms with Gasteiger partial charge in [0, 0.05) is 41.4 Å². The number of nitrogens with zero attached hydrogens (tertiary/aromatic N) is 1. The van der Waals surface area contributed by atoms with Crippen LogP contribution in [0, 0.1) is 5.82 Å². The lowest BCUT2D eigenvalue weighted by molar-refractivity contribution is -0.116. The minimum absolute atomic E-state index is 0.152. The zero-order valence-electron chi connectivity index (χ0n) is 15.9. The third-order valence-electron chi connectivity index (χ3n) is 6.39. The molecule has 0 amide bonds. The molecule has 1 unspecified atom stereocenters. The SMILES string of the molecule is O=C1CCCC2=C1C(c1ccc(F)cc1)C=C1c3cc4c(cc3CCN12)OCO4. The van der Waals surface area contributed by atoms with Gasteiger partial charge < -0.3 is 14.4 Å². The summed E-state index contributed by atoms with van der Waals surface area (Å²) in [6.45, 7) is 1.10. The van der Waals surface area contributed by atoms with Crippen LogP contribution in [0.2, 0.25) is 0 Å². The smallest absolute Gasteiger partial charge is 0.231 e. The van der Waals surface area contributed by atoms with E-state index in [2.05, 4.69) is 23.1 Å². The van der Waals surface area contributed by atoms with Gasteiger partial charge in [-0.2, -0.15) is 0 Å². The first-order valence-electron chi connectivity index (χ1n) is 10.1. The summed E-state index contributed by atoms with van der Waals surface area (Å²) in [5.41, 5.74) is 6.46. The van der Waals surface area contributed by atoms with Gasteiger partial charge in [0.25, 0.3) is 0 Å². The molecule has 5 heteroatoms. The van der Waals surface area contributed by atoms with Crippen LogP contribution in [0.15, 0.2) is 53.7 Å². The number of carbonyl (C=O) groups is 1. The van der Waals surface area contributed by atoms with Crippen LogP contribution in [0.25, 0.3) is 5.70 Å². The second kappa shape index (κ2) is 6.21. The molecule has 0 bridgehead atoms. The van der Waals surface area contributed by atoms with Crippen molar-refractivity contribution in [3.8, 4) is 11.5 Å². The maximum Gasteiger partial charge on any atom is 0.231 e. The molecule has 0 spiro atoms. The zero-order valence-corrected chi connectivity index (χ0v) is 15.9. The Morgan fingerprint density at radius 2 is 1.79 bits per heavy atom.